The Labute approximate surface area is 206 Å². The molecule has 3 rings (SSSR count). The lowest BCUT2D eigenvalue weighted by Crippen LogP contribution is -2.50. The number of likely N-dealkylation sites (tertiary alicyclic amines) is 1. The number of hydrogen-bond acceptors (Lipinski definition) is 5. The van der Waals surface area contributed by atoms with E-state index < -0.39 is 16.1 Å². The van der Waals surface area contributed by atoms with Gasteiger partial charge in [0.25, 0.3) is 0 Å². The van der Waals surface area contributed by atoms with E-state index >= 15 is 0 Å². The van der Waals surface area contributed by atoms with Gasteiger partial charge >= 0.3 is 0 Å². The summed E-state index contributed by atoms with van der Waals surface area (Å²) in [5, 5.41) is 5.39. The first-order valence-electron chi connectivity index (χ1n) is 11.6. The maximum atomic E-state index is 12.8. The summed E-state index contributed by atoms with van der Waals surface area (Å²) in [5.41, 5.74) is 2.68. The van der Waals surface area contributed by atoms with E-state index in [1.807, 2.05) is 26.0 Å². The molecule has 0 aliphatic carbocycles. The molecular weight excluding hydrogens is 468 g/mol. The van der Waals surface area contributed by atoms with E-state index in [9.17, 15) is 22.8 Å². The summed E-state index contributed by atoms with van der Waals surface area (Å²) in [6.45, 7) is 5.87. The minimum Gasteiger partial charge on any atom is -0.347 e. The van der Waals surface area contributed by atoms with Gasteiger partial charge in [0.05, 0.1) is 17.5 Å². The average Bonchev–Trinajstić information content (AvgIpc) is 2.83. The SMILES string of the molecule is Cc1ccc(NC(=O)CNC(=O)C2CCN(C(=O)C(C)NS(=O)(=O)c3ccc(C)cc3)CC2)cc1. The first-order valence-corrected chi connectivity index (χ1v) is 13.1. The topological polar surface area (TPSA) is 125 Å². The molecule has 1 heterocycles. The van der Waals surface area contributed by atoms with E-state index in [1.54, 1.807) is 29.2 Å². The van der Waals surface area contributed by atoms with Gasteiger partial charge in [-0.15, -0.1) is 0 Å². The van der Waals surface area contributed by atoms with E-state index in [0.29, 0.717) is 31.6 Å². The zero-order chi connectivity index (χ0) is 25.6. The highest BCUT2D eigenvalue weighted by atomic mass is 32.2. The number of piperidine rings is 1. The molecule has 2 aromatic carbocycles. The van der Waals surface area contributed by atoms with Gasteiger partial charge in [-0.3, -0.25) is 14.4 Å². The molecule has 0 spiro atoms. The molecular formula is C25H32N4O5S. The van der Waals surface area contributed by atoms with Crippen molar-refractivity contribution in [2.75, 3.05) is 25.0 Å². The summed E-state index contributed by atoms with van der Waals surface area (Å²) in [5.74, 6) is -1.20. The normalized spacial score (nSPS) is 15.3. The molecule has 1 atom stereocenters. The molecule has 1 fully saturated rings. The molecule has 0 radical (unpaired) electrons. The third kappa shape index (κ3) is 7.37. The summed E-state index contributed by atoms with van der Waals surface area (Å²) in [4.78, 5) is 39.1. The highest BCUT2D eigenvalue weighted by Gasteiger charge is 2.31. The fourth-order valence-corrected chi connectivity index (χ4v) is 5.06. The molecule has 188 valence electrons. The summed E-state index contributed by atoms with van der Waals surface area (Å²) in [6, 6.07) is 12.8. The number of amides is 3. The molecule has 1 aliphatic heterocycles. The molecule has 9 nitrogen and oxygen atoms in total. The summed E-state index contributed by atoms with van der Waals surface area (Å²) in [6.07, 6.45) is 0.878. The van der Waals surface area contributed by atoms with Crippen LogP contribution in [0.2, 0.25) is 0 Å². The van der Waals surface area contributed by atoms with Gasteiger partial charge in [0, 0.05) is 24.7 Å². The van der Waals surface area contributed by atoms with Crippen molar-refractivity contribution in [2.24, 2.45) is 5.92 Å². The number of aryl methyl sites for hydroxylation is 2. The van der Waals surface area contributed by atoms with Crippen LogP contribution >= 0.6 is 0 Å². The number of benzene rings is 2. The van der Waals surface area contributed by atoms with Crippen LogP contribution < -0.4 is 15.4 Å². The molecule has 1 aliphatic rings. The third-order valence-corrected chi connectivity index (χ3v) is 7.53. The lowest BCUT2D eigenvalue weighted by molar-refractivity contribution is -0.136. The van der Waals surface area contributed by atoms with Crippen molar-refractivity contribution in [1.82, 2.24) is 14.9 Å². The van der Waals surface area contributed by atoms with Crippen LogP contribution in [0, 0.1) is 19.8 Å². The van der Waals surface area contributed by atoms with Gasteiger partial charge < -0.3 is 15.5 Å². The highest BCUT2D eigenvalue weighted by Crippen LogP contribution is 2.19. The van der Waals surface area contributed by atoms with Gasteiger partial charge in [0.2, 0.25) is 27.7 Å². The molecule has 0 bridgehead atoms. The van der Waals surface area contributed by atoms with Crippen molar-refractivity contribution in [3.8, 4) is 0 Å². The van der Waals surface area contributed by atoms with Gasteiger partial charge in [0.15, 0.2) is 0 Å². The smallest absolute Gasteiger partial charge is 0.243 e. The van der Waals surface area contributed by atoms with Crippen LogP contribution in [0.15, 0.2) is 53.4 Å². The Morgan fingerprint density at radius 1 is 0.943 bits per heavy atom. The van der Waals surface area contributed by atoms with Gasteiger partial charge in [0.1, 0.15) is 0 Å². The molecule has 3 amide bonds. The Bertz CT molecular complexity index is 1160. The van der Waals surface area contributed by atoms with E-state index in [4.69, 9.17) is 0 Å². The minimum absolute atomic E-state index is 0.101. The minimum atomic E-state index is -3.82. The predicted octanol–water partition coefficient (Wildman–Crippen LogP) is 1.96. The van der Waals surface area contributed by atoms with Crippen molar-refractivity contribution in [1.29, 1.82) is 0 Å². The number of carbonyl (C=O) groups excluding carboxylic acids is 3. The molecule has 1 saturated heterocycles. The Kier molecular flexibility index (Phi) is 8.63. The first-order chi connectivity index (χ1) is 16.5. The van der Waals surface area contributed by atoms with Crippen LogP contribution in [-0.2, 0) is 24.4 Å². The number of carbonyl (C=O) groups is 3. The maximum Gasteiger partial charge on any atom is 0.243 e. The van der Waals surface area contributed by atoms with E-state index in [1.165, 1.54) is 19.1 Å². The van der Waals surface area contributed by atoms with Crippen LogP contribution in [0.3, 0.4) is 0 Å². The van der Waals surface area contributed by atoms with Gasteiger partial charge in [-0.25, -0.2) is 8.42 Å². The van der Waals surface area contributed by atoms with Crippen molar-refractivity contribution >= 4 is 33.4 Å². The van der Waals surface area contributed by atoms with Gasteiger partial charge in [-0.1, -0.05) is 35.4 Å². The molecule has 35 heavy (non-hydrogen) atoms. The number of nitrogens with zero attached hydrogens (tertiary/aromatic N) is 1. The standard InChI is InChI=1S/C25H32N4O5S/c1-17-4-8-21(9-5-17)27-23(30)16-26-24(31)20-12-14-29(15-13-20)25(32)19(3)28-35(33,34)22-10-6-18(2)7-11-22/h4-11,19-20,28H,12-16H2,1-3H3,(H,26,31)(H,27,30). The Hall–Kier alpha value is -3.24. The number of sulfonamides is 1. The highest BCUT2D eigenvalue weighted by molar-refractivity contribution is 7.89. The van der Waals surface area contributed by atoms with Crippen molar-refractivity contribution < 1.29 is 22.8 Å². The summed E-state index contributed by atoms with van der Waals surface area (Å²) >= 11 is 0. The van der Waals surface area contributed by atoms with Gasteiger partial charge in [-0.05, 0) is 57.9 Å². The van der Waals surface area contributed by atoms with Crippen LogP contribution in [-0.4, -0.2) is 56.7 Å². The van der Waals surface area contributed by atoms with E-state index in [-0.39, 0.29) is 35.1 Å². The number of anilines is 1. The number of rotatable bonds is 8. The second-order valence-corrected chi connectivity index (χ2v) is 10.6. The Morgan fingerprint density at radius 3 is 2.06 bits per heavy atom. The third-order valence-electron chi connectivity index (χ3n) is 5.97. The second kappa shape index (κ2) is 11.5. The molecule has 0 aromatic heterocycles. The molecule has 1 unspecified atom stereocenters. The molecule has 0 saturated carbocycles. The molecule has 10 heteroatoms. The van der Waals surface area contributed by atoms with E-state index in [2.05, 4.69) is 15.4 Å². The Morgan fingerprint density at radius 2 is 1.49 bits per heavy atom. The quantitative estimate of drug-likeness (QED) is 0.511. The van der Waals surface area contributed by atoms with Crippen LogP contribution in [0.1, 0.15) is 30.9 Å². The van der Waals surface area contributed by atoms with E-state index in [0.717, 1.165) is 11.1 Å². The monoisotopic (exact) mass is 500 g/mol. The largest absolute Gasteiger partial charge is 0.347 e. The number of hydrogen-bond donors (Lipinski definition) is 3. The lowest BCUT2D eigenvalue weighted by atomic mass is 9.95. The van der Waals surface area contributed by atoms with Crippen LogP contribution in [0.4, 0.5) is 5.69 Å². The second-order valence-electron chi connectivity index (χ2n) is 8.89. The first kappa shape index (κ1) is 26.4. The zero-order valence-corrected chi connectivity index (χ0v) is 21.0. The van der Waals surface area contributed by atoms with Gasteiger partial charge in [-0.2, -0.15) is 4.72 Å². The van der Waals surface area contributed by atoms with Crippen LogP contribution in [0.25, 0.3) is 0 Å². The average molecular weight is 501 g/mol. The van der Waals surface area contributed by atoms with Crippen molar-refractivity contribution in [2.45, 2.75) is 44.6 Å². The maximum absolute atomic E-state index is 12.8. The summed E-state index contributed by atoms with van der Waals surface area (Å²) in [7, 11) is -3.82. The summed E-state index contributed by atoms with van der Waals surface area (Å²) < 4.78 is 27.6. The fraction of sp³-hybridized carbons (Fsp3) is 0.400. The number of nitrogens with one attached hydrogen (secondary N) is 3. The predicted molar refractivity (Wildman–Crippen MR) is 133 cm³/mol. The fourth-order valence-electron chi connectivity index (χ4n) is 3.86. The Balaban J connectivity index is 1.43. The van der Waals surface area contributed by atoms with Crippen molar-refractivity contribution in [3.63, 3.8) is 0 Å². The zero-order valence-electron chi connectivity index (χ0n) is 20.2. The lowest BCUT2D eigenvalue weighted by Gasteiger charge is -2.33. The van der Waals surface area contributed by atoms with Crippen LogP contribution in [0.5, 0.6) is 0 Å². The van der Waals surface area contributed by atoms with Crippen molar-refractivity contribution in [3.05, 3.63) is 59.7 Å². The molecule has 3 N–H and O–H groups in total. The molecule has 2 aromatic rings.